The second kappa shape index (κ2) is 22.5. The summed E-state index contributed by atoms with van der Waals surface area (Å²) in [5.41, 5.74) is 0. The molecule has 0 fully saturated rings. The Bertz CT molecular complexity index is 57.3. The molecule has 0 aliphatic heterocycles. The van der Waals surface area contributed by atoms with Crippen LogP contribution in [-0.2, 0) is 19.5 Å². The summed E-state index contributed by atoms with van der Waals surface area (Å²) in [5, 5.41) is 0. The number of allylic oxidation sites excluding steroid dienone is 2. The molecule has 0 aromatic carbocycles. The molecule has 0 aromatic heterocycles. The van der Waals surface area contributed by atoms with Crippen LogP contribution in [0.3, 0.4) is 0 Å². The second-order valence-electron chi connectivity index (χ2n) is 1.86. The minimum atomic E-state index is 0. The molecule has 0 amide bonds. The third-order valence-corrected chi connectivity index (χ3v) is 0.816. The quantitative estimate of drug-likeness (QED) is 0.372. The Morgan fingerprint density at radius 3 is 1.18 bits per heavy atom. The fraction of sp³-hybridized carbons (Fsp3) is 0.400. The van der Waals surface area contributed by atoms with Gasteiger partial charge in [-0.05, 0) is 0 Å². The molecule has 0 atom stereocenters. The van der Waals surface area contributed by atoms with Crippen molar-refractivity contribution in [3.05, 3.63) is 39.2 Å². The Hall–Kier alpha value is 0.103. The van der Waals surface area contributed by atoms with Crippen molar-refractivity contribution in [2.24, 2.45) is 0 Å². The van der Waals surface area contributed by atoms with Crippen LogP contribution in [0, 0.1) is 13.8 Å². The molecular weight excluding hydrogens is 185 g/mol. The topological polar surface area (TPSA) is 0 Å². The van der Waals surface area contributed by atoms with Gasteiger partial charge in [-0.1, -0.05) is 25.0 Å². The van der Waals surface area contributed by atoms with E-state index in [4.69, 9.17) is 0 Å². The van der Waals surface area contributed by atoms with Gasteiger partial charge in [-0.3, -0.25) is 0 Å². The molecule has 11 heavy (non-hydrogen) atoms. The first kappa shape index (κ1) is 17.3. The summed E-state index contributed by atoms with van der Waals surface area (Å²) in [5.74, 6) is 0. The van der Waals surface area contributed by atoms with Crippen LogP contribution in [0.1, 0.15) is 25.7 Å². The Morgan fingerprint density at radius 2 is 1.18 bits per heavy atom. The van der Waals surface area contributed by atoms with E-state index in [0.29, 0.717) is 0 Å². The van der Waals surface area contributed by atoms with Gasteiger partial charge in [0.15, 0.2) is 0 Å². The van der Waals surface area contributed by atoms with Gasteiger partial charge in [0, 0.05) is 0 Å². The second-order valence-corrected chi connectivity index (χ2v) is 1.86. The predicted molar refractivity (Wildman–Crippen MR) is 49.6 cm³/mol. The van der Waals surface area contributed by atoms with Gasteiger partial charge in [-0.2, -0.15) is 12.8 Å². The van der Waals surface area contributed by atoms with Crippen LogP contribution in [0.5, 0.6) is 0 Å². The van der Waals surface area contributed by atoms with Crippen molar-refractivity contribution in [3.63, 3.8) is 0 Å². The smallest absolute Gasteiger partial charge is 0.343 e. The summed E-state index contributed by atoms with van der Waals surface area (Å²) in [4.78, 5) is 0. The number of unbranched alkanes of at least 4 members (excludes halogenated alkanes) is 2. The minimum absolute atomic E-state index is 0. The van der Waals surface area contributed by atoms with E-state index in [1.807, 2.05) is 12.2 Å². The van der Waals surface area contributed by atoms with Gasteiger partial charge in [0.2, 0.25) is 0 Å². The van der Waals surface area contributed by atoms with E-state index < -0.39 is 0 Å². The van der Waals surface area contributed by atoms with Crippen molar-refractivity contribution in [3.8, 4) is 0 Å². The molecular formula is C10H18Zn. The van der Waals surface area contributed by atoms with Crippen LogP contribution < -0.4 is 0 Å². The molecule has 0 rings (SSSR count). The van der Waals surface area contributed by atoms with Gasteiger partial charge in [0.25, 0.3) is 0 Å². The summed E-state index contributed by atoms with van der Waals surface area (Å²) in [6.07, 6.45) is 7.77. The third-order valence-electron chi connectivity index (χ3n) is 0.816. The van der Waals surface area contributed by atoms with E-state index in [2.05, 4.69) is 27.0 Å². The summed E-state index contributed by atoms with van der Waals surface area (Å²) >= 11 is 0. The summed E-state index contributed by atoms with van der Waals surface area (Å²) in [6, 6.07) is 0. The molecule has 0 bridgehead atoms. The van der Waals surface area contributed by atoms with Crippen molar-refractivity contribution in [2.45, 2.75) is 25.7 Å². The Balaban J connectivity index is -0.000000107. The number of hydrogen-bond acceptors (Lipinski definition) is 0. The van der Waals surface area contributed by atoms with E-state index in [1.54, 1.807) is 0 Å². The minimum Gasteiger partial charge on any atom is -0.343 e. The normalized spacial score (nSPS) is 6.73. The van der Waals surface area contributed by atoms with Crippen molar-refractivity contribution in [1.29, 1.82) is 0 Å². The summed E-state index contributed by atoms with van der Waals surface area (Å²) in [6.45, 7) is 14.2. The molecule has 0 N–H and O–H groups in total. The average molecular weight is 204 g/mol. The molecule has 60 valence electrons. The monoisotopic (exact) mass is 202 g/mol. The van der Waals surface area contributed by atoms with Crippen LogP contribution in [0.25, 0.3) is 0 Å². The fourth-order valence-electron chi connectivity index (χ4n) is 0.289. The number of rotatable bonds is 4. The summed E-state index contributed by atoms with van der Waals surface area (Å²) < 4.78 is 0. The zero-order chi connectivity index (χ0) is 8.24. The van der Waals surface area contributed by atoms with Crippen LogP contribution >= 0.6 is 0 Å². The molecule has 0 unspecified atom stereocenters. The molecule has 0 aromatic rings. The molecule has 0 spiro atoms. The van der Waals surface area contributed by atoms with Gasteiger partial charge in [-0.15, -0.1) is 13.2 Å². The first-order valence-corrected chi connectivity index (χ1v) is 3.63. The first-order chi connectivity index (χ1) is 4.83. The SMILES string of the molecule is C=CCC[CH2-].C=CCC[CH2-].[Zn+2]. The van der Waals surface area contributed by atoms with Crippen LogP contribution in [-0.4, -0.2) is 0 Å². The first-order valence-electron chi connectivity index (χ1n) is 3.63. The van der Waals surface area contributed by atoms with E-state index >= 15 is 0 Å². The van der Waals surface area contributed by atoms with Gasteiger partial charge in [-0.25, -0.2) is 0 Å². The molecule has 0 saturated heterocycles. The van der Waals surface area contributed by atoms with Crippen molar-refractivity contribution in [1.82, 2.24) is 0 Å². The molecule has 0 aliphatic rings. The maximum absolute atomic E-state index is 3.60. The Labute approximate surface area is 84.5 Å². The molecule has 0 heterocycles. The number of hydrogen-bond donors (Lipinski definition) is 0. The molecule has 0 radical (unpaired) electrons. The van der Waals surface area contributed by atoms with Crippen LogP contribution in [0.4, 0.5) is 0 Å². The predicted octanol–water partition coefficient (Wildman–Crippen LogP) is 3.57. The molecule has 1 heteroatoms. The van der Waals surface area contributed by atoms with Crippen molar-refractivity contribution in [2.75, 3.05) is 0 Å². The van der Waals surface area contributed by atoms with Crippen molar-refractivity contribution >= 4 is 0 Å². The van der Waals surface area contributed by atoms with E-state index in [0.717, 1.165) is 25.7 Å². The third kappa shape index (κ3) is 39.4. The zero-order valence-electron chi connectivity index (χ0n) is 7.52. The van der Waals surface area contributed by atoms with E-state index in [9.17, 15) is 0 Å². The van der Waals surface area contributed by atoms with Gasteiger partial charge < -0.3 is 13.8 Å². The van der Waals surface area contributed by atoms with Crippen molar-refractivity contribution < 1.29 is 19.5 Å². The average Bonchev–Trinajstić information content (AvgIpc) is 1.93. The maximum atomic E-state index is 3.60. The Kier molecular flexibility index (Phi) is 35.3. The van der Waals surface area contributed by atoms with E-state index in [1.165, 1.54) is 0 Å². The van der Waals surface area contributed by atoms with Crippen LogP contribution in [0.15, 0.2) is 25.3 Å². The molecule has 0 nitrogen and oxygen atoms in total. The molecule has 0 saturated carbocycles. The Morgan fingerprint density at radius 1 is 0.909 bits per heavy atom. The van der Waals surface area contributed by atoms with Gasteiger partial charge >= 0.3 is 19.5 Å². The van der Waals surface area contributed by atoms with E-state index in [-0.39, 0.29) is 19.5 Å². The zero-order valence-corrected chi connectivity index (χ0v) is 10.5. The maximum Gasteiger partial charge on any atom is 2.00 e. The summed E-state index contributed by atoms with van der Waals surface area (Å²) in [7, 11) is 0. The standard InChI is InChI=1S/2C5H9.Zn/c2*1-3-5-4-2;/h2*3H,1-2,4-5H2;/q2*-1;+2. The van der Waals surface area contributed by atoms with Gasteiger partial charge in [0.1, 0.15) is 0 Å². The largest absolute Gasteiger partial charge is 2.00 e. The van der Waals surface area contributed by atoms with Gasteiger partial charge in [0.05, 0.1) is 0 Å². The fourth-order valence-corrected chi connectivity index (χ4v) is 0.289. The van der Waals surface area contributed by atoms with Crippen LogP contribution in [0.2, 0.25) is 0 Å². The molecule has 0 aliphatic carbocycles.